The molecule has 1 aromatic carbocycles. The molecule has 0 spiro atoms. The van der Waals surface area contributed by atoms with Crippen molar-refractivity contribution in [1.29, 1.82) is 5.26 Å². The third kappa shape index (κ3) is 2.66. The third-order valence-electron chi connectivity index (χ3n) is 3.91. The Hall–Kier alpha value is -1.73. The smallest absolute Gasteiger partial charge is 0.113 e. The average Bonchev–Trinajstić information content (AvgIpc) is 3.25. The number of para-hydroxylation sites is 2. The Bertz CT molecular complexity index is 489. The molecule has 1 aliphatic carbocycles. The van der Waals surface area contributed by atoms with Gasteiger partial charge in [0, 0.05) is 32.7 Å². The fourth-order valence-corrected chi connectivity index (χ4v) is 2.64. The van der Waals surface area contributed by atoms with E-state index in [1.54, 1.807) is 0 Å². The zero-order valence-corrected chi connectivity index (χ0v) is 11.3. The highest BCUT2D eigenvalue weighted by Gasteiger charge is 2.27. The van der Waals surface area contributed by atoms with Crippen LogP contribution in [0, 0.1) is 11.3 Å². The zero-order valence-electron chi connectivity index (χ0n) is 11.3. The van der Waals surface area contributed by atoms with Crippen molar-refractivity contribution in [2.24, 2.45) is 0 Å². The van der Waals surface area contributed by atoms with E-state index in [9.17, 15) is 5.26 Å². The minimum atomic E-state index is -0.0658. The molecule has 0 amide bonds. The lowest BCUT2D eigenvalue weighted by Gasteiger charge is -2.37. The molecule has 0 aromatic heterocycles. The van der Waals surface area contributed by atoms with Crippen LogP contribution in [0.25, 0.3) is 0 Å². The third-order valence-corrected chi connectivity index (χ3v) is 3.91. The van der Waals surface area contributed by atoms with Gasteiger partial charge in [-0.25, -0.2) is 0 Å². The summed E-state index contributed by atoms with van der Waals surface area (Å²) in [5, 5.41) is 12.7. The van der Waals surface area contributed by atoms with Crippen LogP contribution < -0.4 is 15.1 Å². The number of nitrogens with one attached hydrogen (secondary N) is 1. The van der Waals surface area contributed by atoms with Gasteiger partial charge in [-0.3, -0.25) is 5.32 Å². The van der Waals surface area contributed by atoms with Crippen molar-refractivity contribution in [3.05, 3.63) is 24.3 Å². The molecule has 19 heavy (non-hydrogen) atoms. The molecule has 1 N–H and O–H groups in total. The van der Waals surface area contributed by atoms with Crippen molar-refractivity contribution in [1.82, 2.24) is 5.32 Å². The summed E-state index contributed by atoms with van der Waals surface area (Å²) in [6.45, 7) is 2.77. The van der Waals surface area contributed by atoms with Gasteiger partial charge in [-0.2, -0.15) is 5.26 Å². The first-order valence-corrected chi connectivity index (χ1v) is 6.98. The Balaban J connectivity index is 1.74. The highest BCUT2D eigenvalue weighted by molar-refractivity contribution is 5.73. The van der Waals surface area contributed by atoms with Gasteiger partial charge in [0.25, 0.3) is 0 Å². The van der Waals surface area contributed by atoms with Crippen LogP contribution >= 0.6 is 0 Å². The minimum Gasteiger partial charge on any atom is -0.371 e. The minimum absolute atomic E-state index is 0.0658. The number of hydrogen-bond acceptors (Lipinski definition) is 4. The molecule has 3 rings (SSSR count). The lowest BCUT2D eigenvalue weighted by atomic mass is 10.1. The molecule has 4 heteroatoms. The van der Waals surface area contributed by atoms with Crippen LogP contribution in [-0.4, -0.2) is 38.8 Å². The fourth-order valence-electron chi connectivity index (χ4n) is 2.64. The van der Waals surface area contributed by atoms with Crippen LogP contribution in [0.4, 0.5) is 11.4 Å². The van der Waals surface area contributed by atoms with Crippen molar-refractivity contribution in [3.8, 4) is 6.07 Å². The predicted octanol–water partition coefficient (Wildman–Crippen LogP) is 1.59. The molecule has 1 unspecified atom stereocenters. The standard InChI is InChI=1S/C15H20N4/c1-18-8-9-19(15-5-3-2-4-14(15)18)11-13(10-16)17-12-6-7-12/h2-5,12-13,17H,6-9,11H2,1H3. The summed E-state index contributed by atoms with van der Waals surface area (Å²) in [7, 11) is 2.13. The van der Waals surface area contributed by atoms with E-state index in [0.717, 1.165) is 19.6 Å². The van der Waals surface area contributed by atoms with Crippen LogP contribution in [-0.2, 0) is 0 Å². The molecule has 0 saturated heterocycles. The van der Waals surface area contributed by atoms with Crippen LogP contribution in [0.2, 0.25) is 0 Å². The van der Waals surface area contributed by atoms with Gasteiger partial charge in [0.1, 0.15) is 6.04 Å². The number of benzene rings is 1. The second-order valence-corrected chi connectivity index (χ2v) is 5.48. The Morgan fingerprint density at radius 3 is 2.74 bits per heavy atom. The highest BCUT2D eigenvalue weighted by atomic mass is 15.3. The Kier molecular flexibility index (Phi) is 3.31. The van der Waals surface area contributed by atoms with Gasteiger partial charge < -0.3 is 9.80 Å². The number of rotatable bonds is 4. The first kappa shape index (κ1) is 12.3. The summed E-state index contributed by atoms with van der Waals surface area (Å²) >= 11 is 0. The second kappa shape index (κ2) is 5.10. The van der Waals surface area contributed by atoms with Gasteiger partial charge in [0.2, 0.25) is 0 Å². The molecule has 1 saturated carbocycles. The monoisotopic (exact) mass is 256 g/mol. The topological polar surface area (TPSA) is 42.3 Å². The number of hydrogen-bond donors (Lipinski definition) is 1. The maximum absolute atomic E-state index is 9.28. The molecule has 0 bridgehead atoms. The molecule has 4 nitrogen and oxygen atoms in total. The van der Waals surface area contributed by atoms with Crippen molar-refractivity contribution in [2.45, 2.75) is 24.9 Å². The SMILES string of the molecule is CN1CCN(CC(C#N)NC2CC2)c2ccccc21. The van der Waals surface area contributed by atoms with E-state index in [4.69, 9.17) is 0 Å². The first-order valence-electron chi connectivity index (χ1n) is 6.98. The predicted molar refractivity (Wildman–Crippen MR) is 77.5 cm³/mol. The molecule has 2 aliphatic rings. The number of likely N-dealkylation sites (N-methyl/N-ethyl adjacent to an activating group) is 1. The van der Waals surface area contributed by atoms with Crippen molar-refractivity contribution in [3.63, 3.8) is 0 Å². The summed E-state index contributed by atoms with van der Waals surface area (Å²) in [5.74, 6) is 0. The van der Waals surface area contributed by atoms with Crippen LogP contribution in [0.1, 0.15) is 12.8 Å². The first-order chi connectivity index (χ1) is 9.28. The second-order valence-electron chi connectivity index (χ2n) is 5.48. The molecular formula is C15H20N4. The number of anilines is 2. The number of nitriles is 1. The molecule has 1 heterocycles. The van der Waals surface area contributed by atoms with Crippen LogP contribution in [0.5, 0.6) is 0 Å². The van der Waals surface area contributed by atoms with Crippen LogP contribution in [0.3, 0.4) is 0 Å². The quantitative estimate of drug-likeness (QED) is 0.888. The summed E-state index contributed by atoms with van der Waals surface area (Å²) < 4.78 is 0. The Morgan fingerprint density at radius 2 is 2.05 bits per heavy atom. The van der Waals surface area contributed by atoms with Gasteiger partial charge in [-0.05, 0) is 25.0 Å². The molecule has 1 fully saturated rings. The van der Waals surface area contributed by atoms with Gasteiger partial charge in [-0.15, -0.1) is 0 Å². The van der Waals surface area contributed by atoms with Gasteiger partial charge in [0.15, 0.2) is 0 Å². The number of nitrogens with zero attached hydrogens (tertiary/aromatic N) is 3. The van der Waals surface area contributed by atoms with E-state index in [0.29, 0.717) is 6.04 Å². The molecule has 1 aliphatic heterocycles. The molecule has 0 radical (unpaired) electrons. The Morgan fingerprint density at radius 1 is 1.32 bits per heavy atom. The fraction of sp³-hybridized carbons (Fsp3) is 0.533. The lowest BCUT2D eigenvalue weighted by molar-refractivity contribution is 0.574. The van der Waals surface area contributed by atoms with Gasteiger partial charge in [-0.1, -0.05) is 12.1 Å². The van der Waals surface area contributed by atoms with Gasteiger partial charge >= 0.3 is 0 Å². The zero-order chi connectivity index (χ0) is 13.2. The van der Waals surface area contributed by atoms with Crippen molar-refractivity contribution < 1.29 is 0 Å². The van der Waals surface area contributed by atoms with E-state index < -0.39 is 0 Å². The normalized spacial score (nSPS) is 19.8. The summed E-state index contributed by atoms with van der Waals surface area (Å²) in [5.41, 5.74) is 2.51. The lowest BCUT2D eigenvalue weighted by Crippen LogP contribution is -2.46. The van der Waals surface area contributed by atoms with E-state index in [1.807, 2.05) is 0 Å². The van der Waals surface area contributed by atoms with E-state index in [2.05, 4.69) is 52.5 Å². The molecular weight excluding hydrogens is 236 g/mol. The highest BCUT2D eigenvalue weighted by Crippen LogP contribution is 2.31. The summed E-state index contributed by atoms with van der Waals surface area (Å²) in [6, 6.07) is 11.3. The maximum Gasteiger partial charge on any atom is 0.113 e. The van der Waals surface area contributed by atoms with Crippen molar-refractivity contribution >= 4 is 11.4 Å². The molecule has 100 valence electrons. The van der Waals surface area contributed by atoms with E-state index in [1.165, 1.54) is 24.2 Å². The van der Waals surface area contributed by atoms with Crippen LogP contribution in [0.15, 0.2) is 24.3 Å². The van der Waals surface area contributed by atoms with Gasteiger partial charge in [0.05, 0.1) is 17.4 Å². The summed E-state index contributed by atoms with van der Waals surface area (Å²) in [4.78, 5) is 4.61. The molecule has 1 aromatic rings. The largest absolute Gasteiger partial charge is 0.371 e. The number of fused-ring (bicyclic) bond motifs is 1. The Labute approximate surface area is 114 Å². The van der Waals surface area contributed by atoms with E-state index >= 15 is 0 Å². The maximum atomic E-state index is 9.28. The average molecular weight is 256 g/mol. The molecule has 1 atom stereocenters. The summed E-state index contributed by atoms with van der Waals surface area (Å²) in [6.07, 6.45) is 2.44. The van der Waals surface area contributed by atoms with E-state index in [-0.39, 0.29) is 6.04 Å². The van der Waals surface area contributed by atoms with Crippen molar-refractivity contribution in [2.75, 3.05) is 36.5 Å².